The third kappa shape index (κ3) is 3.02. The summed E-state index contributed by atoms with van der Waals surface area (Å²) in [6.45, 7) is 2.54. The van der Waals surface area contributed by atoms with Gasteiger partial charge in [0.2, 0.25) is 0 Å². The molecule has 112 valence electrons. The summed E-state index contributed by atoms with van der Waals surface area (Å²) in [7, 11) is -3.41. The molecule has 0 aromatic heterocycles. The van der Waals surface area contributed by atoms with Crippen molar-refractivity contribution in [2.24, 2.45) is 17.6 Å². The van der Waals surface area contributed by atoms with E-state index in [1.54, 1.807) is 24.3 Å². The van der Waals surface area contributed by atoms with Gasteiger partial charge in [-0.3, -0.25) is 0 Å². The highest BCUT2D eigenvalue weighted by molar-refractivity contribution is 7.92. The normalized spacial score (nSPS) is 27.4. The summed E-state index contributed by atoms with van der Waals surface area (Å²) in [6.07, 6.45) is 3.69. The molecule has 0 bridgehead atoms. The molecule has 1 aromatic rings. The standard InChI is InChI=1S/C15H22ClNO2S/c1-2-11-7-8-12(10-17)15(9-11)20(18,19)14-6-4-3-5-13(14)16/h3-6,11-12,15H,2,7-10,17H2,1H3. The van der Waals surface area contributed by atoms with Gasteiger partial charge in [0, 0.05) is 0 Å². The summed E-state index contributed by atoms with van der Waals surface area (Å²) in [4.78, 5) is 0.252. The minimum atomic E-state index is -3.41. The third-order valence-corrected chi connectivity index (χ3v) is 7.24. The lowest BCUT2D eigenvalue weighted by atomic mass is 9.80. The average Bonchev–Trinajstić information content (AvgIpc) is 2.46. The molecule has 0 amide bonds. The van der Waals surface area contributed by atoms with Gasteiger partial charge in [-0.25, -0.2) is 8.42 Å². The minimum Gasteiger partial charge on any atom is -0.330 e. The summed E-state index contributed by atoms with van der Waals surface area (Å²) < 4.78 is 25.8. The predicted molar refractivity (Wildman–Crippen MR) is 82.6 cm³/mol. The number of hydrogen-bond acceptors (Lipinski definition) is 3. The Hall–Kier alpha value is -0.580. The smallest absolute Gasteiger partial charge is 0.183 e. The van der Waals surface area contributed by atoms with Gasteiger partial charge in [-0.2, -0.15) is 0 Å². The van der Waals surface area contributed by atoms with Crippen LogP contribution in [0.4, 0.5) is 0 Å². The average molecular weight is 316 g/mol. The molecule has 3 unspecified atom stereocenters. The van der Waals surface area contributed by atoms with E-state index in [0.717, 1.165) is 19.3 Å². The number of sulfone groups is 1. The number of hydrogen-bond donors (Lipinski definition) is 1. The van der Waals surface area contributed by atoms with E-state index in [9.17, 15) is 8.42 Å². The molecule has 3 nitrogen and oxygen atoms in total. The summed E-state index contributed by atoms with van der Waals surface area (Å²) in [6, 6.07) is 6.70. The fourth-order valence-corrected chi connectivity index (χ4v) is 5.81. The largest absolute Gasteiger partial charge is 0.330 e. The van der Waals surface area contributed by atoms with Crippen LogP contribution in [0.1, 0.15) is 32.6 Å². The minimum absolute atomic E-state index is 0.0408. The van der Waals surface area contributed by atoms with Crippen LogP contribution in [0.25, 0.3) is 0 Å². The van der Waals surface area contributed by atoms with Crippen molar-refractivity contribution >= 4 is 21.4 Å². The molecule has 0 saturated heterocycles. The molecule has 20 heavy (non-hydrogen) atoms. The number of benzene rings is 1. The van der Waals surface area contributed by atoms with E-state index in [0.29, 0.717) is 23.9 Å². The van der Waals surface area contributed by atoms with E-state index < -0.39 is 15.1 Å². The number of rotatable bonds is 4. The quantitative estimate of drug-likeness (QED) is 0.927. The zero-order chi connectivity index (χ0) is 14.8. The Labute approximate surface area is 126 Å². The van der Waals surface area contributed by atoms with Crippen LogP contribution in [0.2, 0.25) is 5.02 Å². The van der Waals surface area contributed by atoms with Gasteiger partial charge in [0.25, 0.3) is 0 Å². The van der Waals surface area contributed by atoms with Crippen LogP contribution in [0.3, 0.4) is 0 Å². The molecule has 2 rings (SSSR count). The molecule has 1 saturated carbocycles. The lowest BCUT2D eigenvalue weighted by Gasteiger charge is -2.35. The first kappa shape index (κ1) is 15.8. The second kappa shape index (κ2) is 6.46. The monoisotopic (exact) mass is 315 g/mol. The summed E-state index contributed by atoms with van der Waals surface area (Å²) >= 11 is 6.08. The molecule has 0 spiro atoms. The van der Waals surface area contributed by atoms with Crippen LogP contribution in [0, 0.1) is 11.8 Å². The van der Waals surface area contributed by atoms with Crippen molar-refractivity contribution in [3.8, 4) is 0 Å². The van der Waals surface area contributed by atoms with Gasteiger partial charge >= 0.3 is 0 Å². The Bertz CT molecular complexity index is 559. The Morgan fingerprint density at radius 1 is 1.30 bits per heavy atom. The Balaban J connectivity index is 2.38. The van der Waals surface area contributed by atoms with E-state index in [1.165, 1.54) is 0 Å². The van der Waals surface area contributed by atoms with Crippen molar-refractivity contribution in [1.82, 2.24) is 0 Å². The second-order valence-corrected chi connectivity index (χ2v) is 8.14. The van der Waals surface area contributed by atoms with Crippen molar-refractivity contribution < 1.29 is 8.42 Å². The summed E-state index contributed by atoms with van der Waals surface area (Å²) in [5.41, 5.74) is 5.80. The van der Waals surface area contributed by atoms with Gasteiger partial charge in [-0.1, -0.05) is 43.5 Å². The fourth-order valence-electron chi connectivity index (χ4n) is 3.13. The maximum absolute atomic E-state index is 12.9. The van der Waals surface area contributed by atoms with Crippen LogP contribution in [-0.2, 0) is 9.84 Å². The van der Waals surface area contributed by atoms with Crippen molar-refractivity contribution in [2.75, 3.05) is 6.54 Å². The van der Waals surface area contributed by atoms with Crippen LogP contribution in [0.15, 0.2) is 29.2 Å². The molecule has 1 aromatic carbocycles. The molecule has 0 radical (unpaired) electrons. The highest BCUT2D eigenvalue weighted by Gasteiger charge is 2.39. The molecule has 1 aliphatic carbocycles. The van der Waals surface area contributed by atoms with Crippen molar-refractivity contribution in [2.45, 2.75) is 42.8 Å². The molecule has 3 atom stereocenters. The van der Waals surface area contributed by atoms with Crippen molar-refractivity contribution in [3.05, 3.63) is 29.3 Å². The zero-order valence-corrected chi connectivity index (χ0v) is 13.3. The van der Waals surface area contributed by atoms with E-state index in [4.69, 9.17) is 17.3 Å². The van der Waals surface area contributed by atoms with Crippen molar-refractivity contribution in [1.29, 1.82) is 0 Å². The first-order valence-electron chi connectivity index (χ1n) is 7.19. The Morgan fingerprint density at radius 3 is 2.60 bits per heavy atom. The summed E-state index contributed by atoms with van der Waals surface area (Å²) in [5.74, 6) is 0.513. The highest BCUT2D eigenvalue weighted by atomic mass is 35.5. The molecule has 1 aliphatic rings. The fraction of sp³-hybridized carbons (Fsp3) is 0.600. The van der Waals surface area contributed by atoms with Gasteiger partial charge in [0.1, 0.15) is 0 Å². The highest BCUT2D eigenvalue weighted by Crippen LogP contribution is 2.38. The van der Waals surface area contributed by atoms with Crippen molar-refractivity contribution in [3.63, 3.8) is 0 Å². The molecule has 0 heterocycles. The molecule has 0 aliphatic heterocycles. The first-order chi connectivity index (χ1) is 9.50. The van der Waals surface area contributed by atoms with E-state index in [2.05, 4.69) is 6.92 Å². The van der Waals surface area contributed by atoms with E-state index >= 15 is 0 Å². The number of nitrogens with two attached hydrogens (primary N) is 1. The van der Waals surface area contributed by atoms with E-state index in [-0.39, 0.29) is 10.8 Å². The maximum atomic E-state index is 12.9. The lowest BCUT2D eigenvalue weighted by Crippen LogP contribution is -2.39. The topological polar surface area (TPSA) is 60.2 Å². The van der Waals surface area contributed by atoms with Crippen LogP contribution < -0.4 is 5.73 Å². The Kier molecular flexibility index (Phi) is 5.10. The van der Waals surface area contributed by atoms with Gasteiger partial charge in [0.15, 0.2) is 9.84 Å². The van der Waals surface area contributed by atoms with Crippen LogP contribution in [-0.4, -0.2) is 20.2 Å². The maximum Gasteiger partial charge on any atom is 0.183 e. The molecular formula is C15H22ClNO2S. The van der Waals surface area contributed by atoms with Gasteiger partial charge < -0.3 is 5.73 Å². The molecule has 2 N–H and O–H groups in total. The second-order valence-electron chi connectivity index (χ2n) is 5.60. The van der Waals surface area contributed by atoms with Gasteiger partial charge in [0.05, 0.1) is 15.2 Å². The van der Waals surface area contributed by atoms with E-state index in [1.807, 2.05) is 0 Å². The number of halogens is 1. The SMILES string of the molecule is CCC1CCC(CN)C(S(=O)(=O)c2ccccc2Cl)C1. The summed E-state index contributed by atoms with van der Waals surface area (Å²) in [5, 5.41) is -0.0898. The Morgan fingerprint density at radius 2 is 2.00 bits per heavy atom. The van der Waals surface area contributed by atoms with Gasteiger partial charge in [-0.05, 0) is 43.4 Å². The third-order valence-electron chi connectivity index (χ3n) is 4.46. The van der Waals surface area contributed by atoms with Crippen LogP contribution in [0.5, 0.6) is 0 Å². The van der Waals surface area contributed by atoms with Gasteiger partial charge in [-0.15, -0.1) is 0 Å². The first-order valence-corrected chi connectivity index (χ1v) is 9.11. The molecule has 1 fully saturated rings. The molecular weight excluding hydrogens is 294 g/mol. The lowest BCUT2D eigenvalue weighted by molar-refractivity contribution is 0.275. The molecule has 5 heteroatoms. The zero-order valence-electron chi connectivity index (χ0n) is 11.8. The van der Waals surface area contributed by atoms with Crippen LogP contribution >= 0.6 is 11.6 Å². The predicted octanol–water partition coefficient (Wildman–Crippen LogP) is 3.27.